The van der Waals surface area contributed by atoms with Crippen molar-refractivity contribution in [3.63, 3.8) is 0 Å². The minimum atomic E-state index is -0.919. The lowest BCUT2D eigenvalue weighted by molar-refractivity contribution is -0.135. The van der Waals surface area contributed by atoms with Crippen LogP contribution < -0.4 is 5.53 Å². The summed E-state index contributed by atoms with van der Waals surface area (Å²) in [5.41, 5.74) is 3.60. The Morgan fingerprint density at radius 2 is 2.56 bits per heavy atom. The summed E-state index contributed by atoms with van der Waals surface area (Å²) in [7, 11) is 0. The molecule has 1 heterocycles. The van der Waals surface area contributed by atoms with Gasteiger partial charge in [0.15, 0.2) is 0 Å². The topological polar surface area (TPSA) is 76.1 Å². The van der Waals surface area contributed by atoms with Crippen LogP contribution in [0.3, 0.4) is 0 Å². The molecule has 0 amide bonds. The molecule has 1 radical (unpaired) electrons. The van der Waals surface area contributed by atoms with Crippen LogP contribution >= 0.6 is 0 Å². The normalized spacial score (nSPS) is 14.9. The van der Waals surface area contributed by atoms with E-state index in [2.05, 4.69) is 15.7 Å². The molecule has 0 aliphatic carbocycles. The molecule has 0 bridgehead atoms. The SMILES string of the molecule is O=C(O)CC1=N[N]N=C1. The Hall–Kier alpha value is -1.39. The molecular weight excluding hydrogens is 122 g/mol. The van der Waals surface area contributed by atoms with Crippen molar-refractivity contribution in [2.24, 2.45) is 10.2 Å². The lowest BCUT2D eigenvalue weighted by atomic mass is 10.3. The number of hydrogen-bond acceptors (Lipinski definition) is 3. The molecule has 0 unspecified atom stereocenters. The molecule has 0 aromatic carbocycles. The van der Waals surface area contributed by atoms with E-state index in [1.54, 1.807) is 0 Å². The van der Waals surface area contributed by atoms with Crippen LogP contribution in [0.2, 0.25) is 0 Å². The zero-order valence-electron chi connectivity index (χ0n) is 4.48. The van der Waals surface area contributed by atoms with Gasteiger partial charge in [-0.15, -0.1) is 10.2 Å². The highest BCUT2D eigenvalue weighted by Gasteiger charge is 2.06. The first kappa shape index (κ1) is 5.74. The lowest BCUT2D eigenvalue weighted by Crippen LogP contribution is -2.05. The molecular formula is C4H4N3O2. The molecule has 0 fully saturated rings. The third-order valence-corrected chi connectivity index (χ3v) is 0.764. The van der Waals surface area contributed by atoms with Crippen LogP contribution in [0.1, 0.15) is 6.42 Å². The summed E-state index contributed by atoms with van der Waals surface area (Å²) in [5.74, 6) is -0.919. The van der Waals surface area contributed by atoms with E-state index in [0.29, 0.717) is 5.71 Å². The molecule has 0 atom stereocenters. The molecule has 0 aromatic rings. The van der Waals surface area contributed by atoms with Crippen LogP contribution in [-0.2, 0) is 4.79 Å². The van der Waals surface area contributed by atoms with Gasteiger partial charge in [-0.25, -0.2) is 0 Å². The van der Waals surface area contributed by atoms with E-state index in [1.807, 2.05) is 0 Å². The second-order valence-electron chi connectivity index (χ2n) is 1.50. The molecule has 0 aromatic heterocycles. The Morgan fingerprint density at radius 3 is 3.00 bits per heavy atom. The standard InChI is InChI=1S/C4H4N3O2/c8-4(9)1-3-2-5-7-6-3/h2H,1H2,(H,8,9). The van der Waals surface area contributed by atoms with E-state index in [4.69, 9.17) is 5.11 Å². The van der Waals surface area contributed by atoms with Gasteiger partial charge in [0.05, 0.1) is 18.3 Å². The van der Waals surface area contributed by atoms with Crippen LogP contribution in [0.25, 0.3) is 0 Å². The first-order chi connectivity index (χ1) is 4.29. The van der Waals surface area contributed by atoms with Crippen molar-refractivity contribution in [3.8, 4) is 0 Å². The zero-order valence-corrected chi connectivity index (χ0v) is 4.48. The van der Waals surface area contributed by atoms with Gasteiger partial charge in [-0.2, -0.15) is 0 Å². The number of carboxylic acids is 1. The van der Waals surface area contributed by atoms with E-state index >= 15 is 0 Å². The number of nitrogens with zero attached hydrogens (tertiary/aromatic N) is 3. The Bertz CT molecular complexity index is 184. The molecule has 1 N–H and O–H groups in total. The average Bonchev–Trinajstić information content (AvgIpc) is 2.15. The van der Waals surface area contributed by atoms with Crippen LogP contribution in [0.15, 0.2) is 10.2 Å². The molecule has 0 saturated heterocycles. The molecule has 0 saturated carbocycles. The van der Waals surface area contributed by atoms with Crippen LogP contribution in [-0.4, -0.2) is 23.0 Å². The van der Waals surface area contributed by atoms with Gasteiger partial charge in [0, 0.05) is 0 Å². The summed E-state index contributed by atoms with van der Waals surface area (Å²) in [4.78, 5) is 9.97. The number of carbonyl (C=O) groups is 1. The minimum Gasteiger partial charge on any atom is -0.481 e. The summed E-state index contributed by atoms with van der Waals surface area (Å²) >= 11 is 0. The lowest BCUT2D eigenvalue weighted by Gasteiger charge is -1.84. The van der Waals surface area contributed by atoms with E-state index in [-0.39, 0.29) is 6.42 Å². The van der Waals surface area contributed by atoms with Gasteiger partial charge in [-0.3, -0.25) is 4.79 Å². The smallest absolute Gasteiger partial charge is 0.309 e. The summed E-state index contributed by atoms with van der Waals surface area (Å²) in [5, 5.41) is 15.0. The molecule has 47 valence electrons. The highest BCUT2D eigenvalue weighted by molar-refractivity contribution is 6.34. The molecule has 1 rings (SSSR count). The van der Waals surface area contributed by atoms with Gasteiger partial charge in [-0.05, 0) is 5.53 Å². The molecule has 5 heteroatoms. The van der Waals surface area contributed by atoms with E-state index in [0.717, 1.165) is 0 Å². The fraction of sp³-hybridized carbons (Fsp3) is 0.250. The van der Waals surface area contributed by atoms with Gasteiger partial charge in [0.1, 0.15) is 0 Å². The maximum Gasteiger partial charge on any atom is 0.309 e. The summed E-state index contributed by atoms with van der Waals surface area (Å²) in [6.45, 7) is 0. The Kier molecular flexibility index (Phi) is 1.44. The van der Waals surface area contributed by atoms with Crippen LogP contribution in [0.4, 0.5) is 0 Å². The van der Waals surface area contributed by atoms with E-state index in [9.17, 15) is 4.79 Å². The van der Waals surface area contributed by atoms with Crippen molar-refractivity contribution in [2.75, 3.05) is 0 Å². The third-order valence-electron chi connectivity index (χ3n) is 0.764. The zero-order chi connectivity index (χ0) is 6.69. The second-order valence-corrected chi connectivity index (χ2v) is 1.50. The first-order valence-corrected chi connectivity index (χ1v) is 2.31. The van der Waals surface area contributed by atoms with Crippen molar-refractivity contribution < 1.29 is 9.90 Å². The van der Waals surface area contributed by atoms with Crippen LogP contribution in [0.5, 0.6) is 0 Å². The Labute approximate surface area is 51.1 Å². The predicted octanol–water partition coefficient (Wildman–Crippen LogP) is -0.579. The van der Waals surface area contributed by atoms with Crippen molar-refractivity contribution in [3.05, 3.63) is 0 Å². The number of hydrogen-bond donors (Lipinski definition) is 1. The van der Waals surface area contributed by atoms with E-state index in [1.165, 1.54) is 6.21 Å². The molecule has 1 aliphatic heterocycles. The monoisotopic (exact) mass is 126 g/mol. The maximum absolute atomic E-state index is 9.97. The number of aliphatic carboxylic acids is 1. The summed E-state index contributed by atoms with van der Waals surface area (Å²) in [6.07, 6.45) is 1.22. The van der Waals surface area contributed by atoms with Gasteiger partial charge < -0.3 is 5.11 Å². The van der Waals surface area contributed by atoms with Crippen LogP contribution in [0, 0.1) is 0 Å². The molecule has 5 nitrogen and oxygen atoms in total. The number of carboxylic acid groups (broad SMARTS) is 1. The molecule has 9 heavy (non-hydrogen) atoms. The highest BCUT2D eigenvalue weighted by atomic mass is 16.4. The van der Waals surface area contributed by atoms with Gasteiger partial charge in [0.2, 0.25) is 0 Å². The summed E-state index contributed by atoms with van der Waals surface area (Å²) < 4.78 is 0. The van der Waals surface area contributed by atoms with Crippen molar-refractivity contribution in [1.82, 2.24) is 5.53 Å². The van der Waals surface area contributed by atoms with Crippen molar-refractivity contribution in [2.45, 2.75) is 6.42 Å². The third kappa shape index (κ3) is 1.52. The Morgan fingerprint density at radius 1 is 1.78 bits per heavy atom. The predicted molar refractivity (Wildman–Crippen MR) is 30.3 cm³/mol. The molecule has 1 aliphatic rings. The van der Waals surface area contributed by atoms with Crippen molar-refractivity contribution in [1.29, 1.82) is 0 Å². The van der Waals surface area contributed by atoms with E-state index < -0.39 is 5.97 Å². The Balaban J connectivity index is 2.45. The highest BCUT2D eigenvalue weighted by Crippen LogP contribution is 1.89. The first-order valence-electron chi connectivity index (χ1n) is 2.31. The average molecular weight is 126 g/mol. The second kappa shape index (κ2) is 2.25. The fourth-order valence-electron chi connectivity index (χ4n) is 0.437. The summed E-state index contributed by atoms with van der Waals surface area (Å²) in [6, 6.07) is 0. The van der Waals surface area contributed by atoms with Gasteiger partial charge in [-0.1, -0.05) is 0 Å². The quantitative estimate of drug-likeness (QED) is 0.537. The fourth-order valence-corrected chi connectivity index (χ4v) is 0.437. The van der Waals surface area contributed by atoms with Gasteiger partial charge >= 0.3 is 5.97 Å². The van der Waals surface area contributed by atoms with Crippen molar-refractivity contribution >= 4 is 17.9 Å². The number of rotatable bonds is 2. The maximum atomic E-state index is 9.97. The minimum absolute atomic E-state index is 0.104. The van der Waals surface area contributed by atoms with Gasteiger partial charge in [0.25, 0.3) is 0 Å². The molecule has 0 spiro atoms. The largest absolute Gasteiger partial charge is 0.481 e.